The van der Waals surface area contributed by atoms with Gasteiger partial charge in [-0.1, -0.05) is 17.7 Å². The van der Waals surface area contributed by atoms with Gasteiger partial charge in [0.25, 0.3) is 0 Å². The minimum Gasteiger partial charge on any atom is -0.452 e. The average Bonchev–Trinajstić information content (AvgIpc) is 2.23. The van der Waals surface area contributed by atoms with Crippen LogP contribution >= 0.6 is 27.5 Å². The predicted molar refractivity (Wildman–Crippen MR) is 67.2 cm³/mol. The van der Waals surface area contributed by atoms with E-state index >= 15 is 0 Å². The van der Waals surface area contributed by atoms with Crippen molar-refractivity contribution in [3.8, 4) is 0 Å². The Bertz CT molecular complexity index is 534. The molecule has 0 heterocycles. The molecule has 6 nitrogen and oxygen atoms in total. The maximum atomic E-state index is 11.4. The van der Waals surface area contributed by atoms with Crippen LogP contribution in [0.25, 0.3) is 0 Å². The van der Waals surface area contributed by atoms with E-state index in [4.69, 9.17) is 11.6 Å². The van der Waals surface area contributed by atoms with Crippen LogP contribution in [0.3, 0.4) is 0 Å². The van der Waals surface area contributed by atoms with Crippen molar-refractivity contribution in [3.05, 3.63) is 27.7 Å². The highest BCUT2D eigenvalue weighted by Crippen LogP contribution is 2.30. The first-order valence-electron chi connectivity index (χ1n) is 4.18. The second-order valence-electron chi connectivity index (χ2n) is 2.80. The van der Waals surface area contributed by atoms with E-state index in [1.165, 1.54) is 6.07 Å². The third-order valence-electron chi connectivity index (χ3n) is 1.60. The second-order valence-corrected chi connectivity index (χ2v) is 5.42. The summed E-state index contributed by atoms with van der Waals surface area (Å²) in [6.45, 7) is 0. The van der Waals surface area contributed by atoms with Gasteiger partial charge in [0.15, 0.2) is 0 Å². The Morgan fingerprint density at radius 1 is 1.47 bits per heavy atom. The summed E-state index contributed by atoms with van der Waals surface area (Å²) in [5.41, 5.74) is 0.203. The molecule has 0 radical (unpaired) electrons. The van der Waals surface area contributed by atoms with E-state index in [2.05, 4.69) is 25.4 Å². The fourth-order valence-electron chi connectivity index (χ4n) is 0.904. The number of benzene rings is 1. The summed E-state index contributed by atoms with van der Waals surface area (Å²) in [6.07, 6.45) is -1.09. The van der Waals surface area contributed by atoms with Crippen molar-refractivity contribution < 1.29 is 17.9 Å². The lowest BCUT2D eigenvalue weighted by molar-refractivity contribution is 0.177. The molecule has 1 aromatic carbocycles. The van der Waals surface area contributed by atoms with Crippen LogP contribution in [0.15, 0.2) is 22.7 Å². The number of anilines is 1. The molecule has 17 heavy (non-hydrogen) atoms. The summed E-state index contributed by atoms with van der Waals surface area (Å²) in [5, 5.41) is 0.336. The fourth-order valence-corrected chi connectivity index (χ4v) is 2.39. The van der Waals surface area contributed by atoms with Gasteiger partial charge >= 0.3 is 16.3 Å². The van der Waals surface area contributed by atoms with Gasteiger partial charge in [0.1, 0.15) is 0 Å². The zero-order chi connectivity index (χ0) is 13.1. The molecule has 2 N–H and O–H groups in total. The van der Waals surface area contributed by atoms with Gasteiger partial charge in [0, 0.05) is 0 Å². The first-order chi connectivity index (χ1) is 7.85. The summed E-state index contributed by atoms with van der Waals surface area (Å²) in [4.78, 5) is 10.8. The van der Waals surface area contributed by atoms with Crippen molar-refractivity contribution in [2.45, 2.75) is 0 Å². The molecule has 0 saturated carbocycles. The number of ether oxygens (including phenoxy) is 1. The highest BCUT2D eigenvalue weighted by molar-refractivity contribution is 9.10. The molecule has 0 unspecified atom stereocenters. The standard InChI is InChI=1S/C8H8BrClN2O4S/c1-16-8(13)12-17(14,15)11-6-4-2-3-5(10)7(6)9/h2-4,11H,1H3,(H,12,13). The van der Waals surface area contributed by atoms with Crippen LogP contribution in [-0.4, -0.2) is 21.6 Å². The molecule has 0 atom stereocenters. The van der Waals surface area contributed by atoms with Crippen molar-refractivity contribution in [2.75, 3.05) is 11.8 Å². The van der Waals surface area contributed by atoms with Crippen LogP contribution in [0, 0.1) is 0 Å². The number of methoxy groups -OCH3 is 1. The molecule has 0 aliphatic rings. The van der Waals surface area contributed by atoms with Crippen molar-refractivity contribution in [2.24, 2.45) is 0 Å². The Kier molecular flexibility index (Phi) is 4.61. The van der Waals surface area contributed by atoms with E-state index in [-0.39, 0.29) is 5.69 Å². The van der Waals surface area contributed by atoms with E-state index in [1.54, 1.807) is 16.9 Å². The molecule has 0 aliphatic carbocycles. The number of halogens is 2. The molecule has 0 aliphatic heterocycles. The molecule has 0 saturated heterocycles. The Balaban J connectivity index is 2.91. The number of carbonyl (C=O) groups excluding carboxylic acids is 1. The summed E-state index contributed by atoms with van der Waals surface area (Å²) in [5.74, 6) is 0. The van der Waals surface area contributed by atoms with Crippen molar-refractivity contribution in [1.82, 2.24) is 4.72 Å². The molecule has 9 heteroatoms. The van der Waals surface area contributed by atoms with Crippen LogP contribution in [0.2, 0.25) is 5.02 Å². The molecule has 1 amide bonds. The van der Waals surface area contributed by atoms with Crippen LogP contribution in [0.4, 0.5) is 10.5 Å². The first-order valence-corrected chi connectivity index (χ1v) is 6.83. The van der Waals surface area contributed by atoms with Gasteiger partial charge in [-0.3, -0.25) is 4.72 Å². The van der Waals surface area contributed by atoms with E-state index in [1.807, 2.05) is 0 Å². The molecule has 1 aromatic rings. The number of hydrogen-bond donors (Lipinski definition) is 2. The van der Waals surface area contributed by atoms with Crippen LogP contribution in [-0.2, 0) is 14.9 Å². The Hall–Kier alpha value is -0.990. The number of rotatable bonds is 3. The number of carbonyl (C=O) groups is 1. The Labute approximate surface area is 112 Å². The van der Waals surface area contributed by atoms with Gasteiger partial charge in [0.05, 0.1) is 22.3 Å². The summed E-state index contributed by atoms with van der Waals surface area (Å²) in [6, 6.07) is 4.62. The Morgan fingerprint density at radius 2 is 2.12 bits per heavy atom. The molecule has 1 rings (SSSR count). The summed E-state index contributed by atoms with van der Waals surface area (Å²) >= 11 is 8.90. The maximum absolute atomic E-state index is 11.4. The van der Waals surface area contributed by atoms with E-state index in [0.717, 1.165) is 7.11 Å². The second kappa shape index (κ2) is 5.56. The number of amides is 1. The zero-order valence-corrected chi connectivity index (χ0v) is 11.7. The molecule has 0 bridgehead atoms. The fraction of sp³-hybridized carbons (Fsp3) is 0.125. The molecule has 0 aromatic heterocycles. The van der Waals surface area contributed by atoms with Crippen LogP contribution in [0.1, 0.15) is 0 Å². The third-order valence-corrected chi connectivity index (χ3v) is 3.92. The minimum atomic E-state index is -4.05. The smallest absolute Gasteiger partial charge is 0.422 e. The molecule has 0 spiro atoms. The normalized spacial score (nSPS) is 10.8. The third kappa shape index (κ3) is 4.06. The molecule has 94 valence electrons. The first kappa shape index (κ1) is 14.1. The highest BCUT2D eigenvalue weighted by atomic mass is 79.9. The van der Waals surface area contributed by atoms with Crippen molar-refractivity contribution >= 4 is 49.5 Å². The maximum Gasteiger partial charge on any atom is 0.422 e. The van der Waals surface area contributed by atoms with Gasteiger partial charge < -0.3 is 4.74 Å². The van der Waals surface area contributed by atoms with Gasteiger partial charge in [0.2, 0.25) is 0 Å². The highest BCUT2D eigenvalue weighted by Gasteiger charge is 2.16. The van der Waals surface area contributed by atoms with Crippen molar-refractivity contribution in [1.29, 1.82) is 0 Å². The predicted octanol–water partition coefficient (Wildman–Crippen LogP) is 2.12. The topological polar surface area (TPSA) is 84.5 Å². The lowest BCUT2D eigenvalue weighted by atomic mass is 10.3. The molecule has 0 fully saturated rings. The van der Waals surface area contributed by atoms with Gasteiger partial charge in [-0.25, -0.2) is 9.52 Å². The lowest BCUT2D eigenvalue weighted by Gasteiger charge is -2.10. The quantitative estimate of drug-likeness (QED) is 0.880. The largest absolute Gasteiger partial charge is 0.452 e. The summed E-state index contributed by atoms with van der Waals surface area (Å²) < 4.78 is 31.2. The van der Waals surface area contributed by atoms with Gasteiger partial charge in [-0.05, 0) is 28.1 Å². The van der Waals surface area contributed by atoms with Crippen LogP contribution in [0.5, 0.6) is 0 Å². The number of hydrogen-bond acceptors (Lipinski definition) is 4. The van der Waals surface area contributed by atoms with E-state index < -0.39 is 16.3 Å². The lowest BCUT2D eigenvalue weighted by Crippen LogP contribution is -2.35. The Morgan fingerprint density at radius 3 is 2.71 bits per heavy atom. The average molecular weight is 344 g/mol. The molecular formula is C8H8BrClN2O4S. The van der Waals surface area contributed by atoms with Gasteiger partial charge in [-0.2, -0.15) is 8.42 Å². The minimum absolute atomic E-state index is 0.203. The summed E-state index contributed by atoms with van der Waals surface area (Å²) in [7, 11) is -2.99. The van der Waals surface area contributed by atoms with Crippen molar-refractivity contribution in [3.63, 3.8) is 0 Å². The SMILES string of the molecule is COC(=O)NS(=O)(=O)Nc1cccc(Cl)c1Br. The van der Waals surface area contributed by atoms with E-state index in [0.29, 0.717) is 9.50 Å². The monoisotopic (exact) mass is 342 g/mol. The number of nitrogens with one attached hydrogen (secondary N) is 2. The molecular weight excluding hydrogens is 336 g/mol. The van der Waals surface area contributed by atoms with E-state index in [9.17, 15) is 13.2 Å². The van der Waals surface area contributed by atoms with Crippen LogP contribution < -0.4 is 9.44 Å². The van der Waals surface area contributed by atoms with Gasteiger partial charge in [-0.15, -0.1) is 0 Å². The zero-order valence-electron chi connectivity index (χ0n) is 8.53.